The highest BCUT2D eigenvalue weighted by molar-refractivity contribution is 5.93. The van der Waals surface area contributed by atoms with Crippen LogP contribution in [-0.4, -0.2) is 16.1 Å². The van der Waals surface area contributed by atoms with E-state index in [1.807, 2.05) is 19.1 Å². The molecular weight excluding hydrogens is 190 g/mol. The molecule has 0 radical (unpaired) electrons. The number of benzene rings is 1. The number of amides is 1. The average molecular weight is 199 g/mol. The molecule has 74 valence electrons. The molecule has 15 heavy (non-hydrogen) atoms. The molecule has 1 aromatic carbocycles. The van der Waals surface area contributed by atoms with Gasteiger partial charge in [0.1, 0.15) is 0 Å². The molecule has 4 nitrogen and oxygen atoms in total. The van der Waals surface area contributed by atoms with Gasteiger partial charge in [-0.05, 0) is 30.5 Å². The van der Waals surface area contributed by atoms with Gasteiger partial charge in [-0.3, -0.25) is 9.89 Å². The zero-order valence-electron chi connectivity index (χ0n) is 8.16. The molecule has 0 unspecified atom stereocenters. The van der Waals surface area contributed by atoms with Crippen molar-refractivity contribution in [2.24, 2.45) is 5.73 Å². The van der Waals surface area contributed by atoms with Crippen molar-refractivity contribution in [1.29, 1.82) is 0 Å². The maximum atomic E-state index is 10.5. The lowest BCUT2D eigenvalue weighted by Gasteiger charge is -1.97. The van der Waals surface area contributed by atoms with E-state index in [9.17, 15) is 4.79 Å². The molecular formula is C11H9N3O. The minimum atomic E-state index is -0.623. The van der Waals surface area contributed by atoms with Crippen molar-refractivity contribution in [1.82, 2.24) is 10.2 Å². The lowest BCUT2D eigenvalue weighted by Crippen LogP contribution is -2.06. The van der Waals surface area contributed by atoms with E-state index in [-0.39, 0.29) is 0 Å². The van der Waals surface area contributed by atoms with Gasteiger partial charge < -0.3 is 5.73 Å². The molecule has 0 saturated heterocycles. The second kappa shape index (κ2) is 3.46. The second-order valence-corrected chi connectivity index (χ2v) is 3.24. The van der Waals surface area contributed by atoms with Crippen LogP contribution in [0.2, 0.25) is 0 Å². The Hall–Kier alpha value is -2.28. The SMILES string of the molecule is Cc1cc2[nH]ncc2cc1C#CC(N)=O. The van der Waals surface area contributed by atoms with Gasteiger partial charge in [0.15, 0.2) is 0 Å². The van der Waals surface area contributed by atoms with E-state index in [1.165, 1.54) is 0 Å². The van der Waals surface area contributed by atoms with Crippen molar-refractivity contribution in [3.05, 3.63) is 29.5 Å². The van der Waals surface area contributed by atoms with Crippen LogP contribution in [0.4, 0.5) is 0 Å². The number of fused-ring (bicyclic) bond motifs is 1. The van der Waals surface area contributed by atoms with Crippen molar-refractivity contribution >= 4 is 16.8 Å². The minimum Gasteiger partial charge on any atom is -0.359 e. The summed E-state index contributed by atoms with van der Waals surface area (Å²) in [5, 5.41) is 7.74. The fraction of sp³-hybridized carbons (Fsp3) is 0.0909. The Labute approximate surface area is 86.5 Å². The Morgan fingerprint density at radius 3 is 3.07 bits per heavy atom. The Kier molecular flexibility index (Phi) is 2.14. The van der Waals surface area contributed by atoms with Crippen LogP contribution in [0.5, 0.6) is 0 Å². The van der Waals surface area contributed by atoms with Crippen LogP contribution in [0.25, 0.3) is 10.9 Å². The highest BCUT2D eigenvalue weighted by Gasteiger charge is 2.00. The molecule has 3 N–H and O–H groups in total. The summed E-state index contributed by atoms with van der Waals surface area (Å²) in [6.45, 7) is 1.92. The largest absolute Gasteiger partial charge is 0.359 e. The molecule has 4 heteroatoms. The number of aromatic nitrogens is 2. The summed E-state index contributed by atoms with van der Waals surface area (Å²) in [4.78, 5) is 10.5. The molecule has 1 heterocycles. The zero-order valence-corrected chi connectivity index (χ0v) is 8.16. The number of hydrogen-bond donors (Lipinski definition) is 2. The Morgan fingerprint density at radius 2 is 2.33 bits per heavy atom. The Balaban J connectivity index is 2.57. The lowest BCUT2D eigenvalue weighted by molar-refractivity contribution is -0.112. The Bertz CT molecular complexity index is 587. The van der Waals surface area contributed by atoms with E-state index in [2.05, 4.69) is 22.0 Å². The van der Waals surface area contributed by atoms with E-state index in [1.54, 1.807) is 6.20 Å². The number of hydrogen-bond acceptors (Lipinski definition) is 2. The monoisotopic (exact) mass is 199 g/mol. The molecule has 2 aromatic rings. The summed E-state index contributed by atoms with van der Waals surface area (Å²) in [6.07, 6.45) is 1.71. The molecule has 1 aromatic heterocycles. The third-order valence-electron chi connectivity index (χ3n) is 2.11. The van der Waals surface area contributed by atoms with Crippen LogP contribution in [0.15, 0.2) is 18.3 Å². The molecule has 0 spiro atoms. The van der Waals surface area contributed by atoms with E-state index in [4.69, 9.17) is 5.73 Å². The predicted octanol–water partition coefficient (Wildman–Crippen LogP) is 0.708. The van der Waals surface area contributed by atoms with Crippen molar-refractivity contribution in [2.75, 3.05) is 0 Å². The molecule has 0 fully saturated rings. The Morgan fingerprint density at radius 1 is 1.53 bits per heavy atom. The van der Waals surface area contributed by atoms with Crippen molar-refractivity contribution in [3.8, 4) is 11.8 Å². The van der Waals surface area contributed by atoms with Gasteiger partial charge in [-0.25, -0.2) is 0 Å². The number of nitrogens with zero attached hydrogens (tertiary/aromatic N) is 1. The minimum absolute atomic E-state index is 0.623. The van der Waals surface area contributed by atoms with Crippen molar-refractivity contribution < 1.29 is 4.79 Å². The maximum Gasteiger partial charge on any atom is 0.293 e. The highest BCUT2D eigenvalue weighted by atomic mass is 16.1. The summed E-state index contributed by atoms with van der Waals surface area (Å²) < 4.78 is 0. The second-order valence-electron chi connectivity index (χ2n) is 3.24. The van der Waals surface area contributed by atoms with Gasteiger partial charge in [0.25, 0.3) is 5.91 Å². The lowest BCUT2D eigenvalue weighted by atomic mass is 10.1. The van der Waals surface area contributed by atoms with Crippen LogP contribution in [0, 0.1) is 18.8 Å². The smallest absolute Gasteiger partial charge is 0.293 e. The van der Waals surface area contributed by atoms with Crippen LogP contribution < -0.4 is 5.73 Å². The third-order valence-corrected chi connectivity index (χ3v) is 2.11. The maximum absolute atomic E-state index is 10.5. The number of carbonyl (C=O) groups is 1. The number of carbonyl (C=O) groups excluding carboxylic acids is 1. The van der Waals surface area contributed by atoms with Gasteiger partial charge in [0.2, 0.25) is 0 Å². The standard InChI is InChI=1S/C11H9N3O/c1-7-4-10-9(6-13-14-10)5-8(7)2-3-11(12)15/h4-6H,1H3,(H2,12,15)(H,13,14). The molecule has 0 bridgehead atoms. The first kappa shape index (κ1) is 9.28. The third kappa shape index (κ3) is 1.81. The van der Waals surface area contributed by atoms with Crippen molar-refractivity contribution in [3.63, 3.8) is 0 Å². The van der Waals surface area contributed by atoms with E-state index in [0.717, 1.165) is 22.0 Å². The number of aromatic amines is 1. The quantitative estimate of drug-likeness (QED) is 0.613. The average Bonchev–Trinajstić information content (AvgIpc) is 2.60. The number of aryl methyl sites for hydroxylation is 1. The summed E-state index contributed by atoms with van der Waals surface area (Å²) >= 11 is 0. The van der Waals surface area contributed by atoms with Gasteiger partial charge in [-0.1, -0.05) is 5.92 Å². The normalized spacial score (nSPS) is 9.67. The van der Waals surface area contributed by atoms with Crippen LogP contribution >= 0.6 is 0 Å². The fourth-order valence-electron chi connectivity index (χ4n) is 1.36. The summed E-state index contributed by atoms with van der Waals surface area (Å²) in [6, 6.07) is 3.82. The predicted molar refractivity (Wildman–Crippen MR) is 56.9 cm³/mol. The van der Waals surface area contributed by atoms with Crippen LogP contribution in [0.1, 0.15) is 11.1 Å². The van der Waals surface area contributed by atoms with E-state index < -0.39 is 5.91 Å². The van der Waals surface area contributed by atoms with Gasteiger partial charge in [0, 0.05) is 10.9 Å². The molecule has 2 rings (SSSR count). The van der Waals surface area contributed by atoms with Gasteiger partial charge in [-0.15, -0.1) is 0 Å². The molecule has 1 amide bonds. The molecule has 0 saturated carbocycles. The zero-order chi connectivity index (χ0) is 10.8. The van der Waals surface area contributed by atoms with Crippen LogP contribution in [0.3, 0.4) is 0 Å². The number of rotatable bonds is 0. The molecule has 0 aliphatic rings. The molecule has 0 atom stereocenters. The topological polar surface area (TPSA) is 71.8 Å². The van der Waals surface area contributed by atoms with Gasteiger partial charge in [-0.2, -0.15) is 5.10 Å². The van der Waals surface area contributed by atoms with Crippen LogP contribution in [-0.2, 0) is 4.79 Å². The van der Waals surface area contributed by atoms with E-state index >= 15 is 0 Å². The first-order valence-corrected chi connectivity index (χ1v) is 4.42. The fourth-order valence-corrected chi connectivity index (χ4v) is 1.36. The number of nitrogens with two attached hydrogens (primary N) is 1. The molecule has 0 aliphatic heterocycles. The highest BCUT2D eigenvalue weighted by Crippen LogP contribution is 2.16. The number of nitrogens with one attached hydrogen (secondary N) is 1. The summed E-state index contributed by atoms with van der Waals surface area (Å²) in [7, 11) is 0. The van der Waals surface area contributed by atoms with Crippen molar-refractivity contribution in [2.45, 2.75) is 6.92 Å². The van der Waals surface area contributed by atoms with E-state index in [0.29, 0.717) is 0 Å². The number of primary amides is 1. The van der Waals surface area contributed by atoms with Gasteiger partial charge >= 0.3 is 0 Å². The number of H-pyrrole nitrogens is 1. The summed E-state index contributed by atoms with van der Waals surface area (Å²) in [5.41, 5.74) is 7.69. The first-order chi connectivity index (χ1) is 7.16. The molecule has 0 aliphatic carbocycles. The first-order valence-electron chi connectivity index (χ1n) is 4.42. The van der Waals surface area contributed by atoms with Gasteiger partial charge in [0.05, 0.1) is 11.7 Å². The summed E-state index contributed by atoms with van der Waals surface area (Å²) in [5.74, 6) is 4.42.